The van der Waals surface area contributed by atoms with Crippen LogP contribution in [-0.4, -0.2) is 40.0 Å². The van der Waals surface area contributed by atoms with E-state index in [1.807, 2.05) is 37.6 Å². The monoisotopic (exact) mass is 313 g/mol. The highest BCUT2D eigenvalue weighted by Gasteiger charge is 2.26. The fourth-order valence-corrected chi connectivity index (χ4v) is 3.07. The van der Waals surface area contributed by atoms with Gasteiger partial charge in [-0.15, -0.1) is 0 Å². The predicted octanol–water partition coefficient (Wildman–Crippen LogP) is 1.52. The lowest BCUT2D eigenvalue weighted by Gasteiger charge is -2.35. The molecule has 1 atom stereocenters. The Kier molecular flexibility index (Phi) is 4.73. The summed E-state index contributed by atoms with van der Waals surface area (Å²) < 4.78 is 2.08. The summed E-state index contributed by atoms with van der Waals surface area (Å²) in [4.78, 5) is 18.2. The molecular weight excluding hydrogens is 290 g/mol. The third-order valence-corrected chi connectivity index (χ3v) is 4.14. The predicted molar refractivity (Wildman–Crippen MR) is 90.0 cm³/mol. The molecule has 122 valence electrons. The summed E-state index contributed by atoms with van der Waals surface area (Å²) in [6.45, 7) is 5.22. The number of aromatic nitrogens is 2. The number of amides is 1. The maximum Gasteiger partial charge on any atom is 0.221 e. The van der Waals surface area contributed by atoms with Crippen LogP contribution in [0.2, 0.25) is 0 Å². The Balaban J connectivity index is 1.77. The Hall–Kier alpha value is -2.18. The second-order valence-corrected chi connectivity index (χ2v) is 5.97. The zero-order valence-electron chi connectivity index (χ0n) is 13.6. The number of imidazole rings is 1. The first-order valence-corrected chi connectivity index (χ1v) is 7.92. The summed E-state index contributed by atoms with van der Waals surface area (Å²) in [6.07, 6.45) is 3.83. The highest BCUT2D eigenvalue weighted by molar-refractivity contribution is 5.88. The lowest BCUT2D eigenvalue weighted by atomic mass is 10.1. The number of carbonyl (C=O) groups is 1. The van der Waals surface area contributed by atoms with Crippen molar-refractivity contribution in [3.8, 4) is 0 Å². The molecule has 1 fully saturated rings. The van der Waals surface area contributed by atoms with Gasteiger partial charge >= 0.3 is 0 Å². The van der Waals surface area contributed by atoms with E-state index >= 15 is 0 Å². The Morgan fingerprint density at radius 3 is 3.09 bits per heavy atom. The molecule has 1 aromatic heterocycles. The van der Waals surface area contributed by atoms with E-state index in [9.17, 15) is 4.79 Å². The number of aryl methyl sites for hydroxylation is 1. The van der Waals surface area contributed by atoms with Gasteiger partial charge in [-0.1, -0.05) is 12.1 Å². The van der Waals surface area contributed by atoms with E-state index in [4.69, 9.17) is 0 Å². The van der Waals surface area contributed by atoms with Crippen molar-refractivity contribution < 1.29 is 4.79 Å². The first-order chi connectivity index (χ1) is 11.1. The Morgan fingerprint density at radius 1 is 1.48 bits per heavy atom. The van der Waals surface area contributed by atoms with Gasteiger partial charge in [-0.3, -0.25) is 9.69 Å². The van der Waals surface area contributed by atoms with Gasteiger partial charge in [0.1, 0.15) is 5.82 Å². The topological polar surface area (TPSA) is 62.2 Å². The van der Waals surface area contributed by atoms with Crippen molar-refractivity contribution in [2.45, 2.75) is 19.5 Å². The average Bonchev–Trinajstić information content (AvgIpc) is 2.93. The molecule has 0 aliphatic carbocycles. The normalized spacial score (nSPS) is 18.8. The summed E-state index contributed by atoms with van der Waals surface area (Å²) in [7, 11) is 2.03. The van der Waals surface area contributed by atoms with E-state index in [-0.39, 0.29) is 11.9 Å². The molecule has 2 heterocycles. The molecule has 1 aliphatic heterocycles. The smallest absolute Gasteiger partial charge is 0.221 e. The molecular formula is C17H23N5O. The molecule has 1 amide bonds. The van der Waals surface area contributed by atoms with Crippen LogP contribution in [0, 0.1) is 0 Å². The molecule has 0 saturated carbocycles. The average molecular weight is 313 g/mol. The third-order valence-electron chi connectivity index (χ3n) is 4.14. The molecule has 0 spiro atoms. The quantitative estimate of drug-likeness (QED) is 0.898. The summed E-state index contributed by atoms with van der Waals surface area (Å²) in [5.74, 6) is 1.03. The molecule has 23 heavy (non-hydrogen) atoms. The van der Waals surface area contributed by atoms with Crippen LogP contribution in [0.15, 0.2) is 36.7 Å². The van der Waals surface area contributed by atoms with Gasteiger partial charge in [-0.05, 0) is 17.7 Å². The lowest BCUT2D eigenvalue weighted by molar-refractivity contribution is -0.114. The highest BCUT2D eigenvalue weighted by Crippen LogP contribution is 2.23. The van der Waals surface area contributed by atoms with E-state index in [0.29, 0.717) is 0 Å². The molecule has 2 N–H and O–H groups in total. The zero-order valence-corrected chi connectivity index (χ0v) is 13.6. The standard InChI is InChI=1S/C17H23N5O/c1-13(23)20-15-5-3-4-14(10-15)12-22-9-6-18-11-16(22)17-19-7-8-21(17)2/h3-5,7-8,10,16,18H,6,9,11-12H2,1-2H3,(H,20,23). The summed E-state index contributed by atoms with van der Waals surface area (Å²) >= 11 is 0. The van der Waals surface area contributed by atoms with Crippen molar-refractivity contribution in [3.63, 3.8) is 0 Å². The van der Waals surface area contributed by atoms with Gasteiger partial charge in [0.2, 0.25) is 5.91 Å². The van der Waals surface area contributed by atoms with Crippen molar-refractivity contribution >= 4 is 11.6 Å². The van der Waals surface area contributed by atoms with Gasteiger partial charge in [-0.25, -0.2) is 4.98 Å². The molecule has 6 nitrogen and oxygen atoms in total. The van der Waals surface area contributed by atoms with Crippen molar-refractivity contribution in [2.75, 3.05) is 25.0 Å². The first kappa shape index (κ1) is 15.7. The van der Waals surface area contributed by atoms with Gasteiger partial charge in [0.05, 0.1) is 6.04 Å². The van der Waals surface area contributed by atoms with Crippen molar-refractivity contribution in [3.05, 3.63) is 48.0 Å². The van der Waals surface area contributed by atoms with Crippen LogP contribution in [-0.2, 0) is 18.4 Å². The van der Waals surface area contributed by atoms with Crippen molar-refractivity contribution in [2.24, 2.45) is 7.05 Å². The largest absolute Gasteiger partial charge is 0.337 e. The van der Waals surface area contributed by atoms with Gasteiger partial charge in [0.15, 0.2) is 0 Å². The molecule has 1 saturated heterocycles. The minimum atomic E-state index is -0.0461. The number of hydrogen-bond donors (Lipinski definition) is 2. The molecule has 1 aromatic carbocycles. The number of benzene rings is 1. The molecule has 1 unspecified atom stereocenters. The van der Waals surface area contributed by atoms with Crippen LogP contribution in [0.1, 0.15) is 24.4 Å². The number of hydrogen-bond acceptors (Lipinski definition) is 4. The number of anilines is 1. The summed E-state index contributed by atoms with van der Waals surface area (Å²) in [5, 5.41) is 6.30. The molecule has 1 aliphatic rings. The Morgan fingerprint density at radius 2 is 2.35 bits per heavy atom. The van der Waals surface area contributed by atoms with Crippen LogP contribution in [0.3, 0.4) is 0 Å². The second-order valence-electron chi connectivity index (χ2n) is 5.97. The highest BCUT2D eigenvalue weighted by atomic mass is 16.1. The minimum Gasteiger partial charge on any atom is -0.337 e. The number of piperazine rings is 1. The zero-order chi connectivity index (χ0) is 16.2. The van der Waals surface area contributed by atoms with E-state index < -0.39 is 0 Å². The fourth-order valence-electron chi connectivity index (χ4n) is 3.07. The fraction of sp³-hybridized carbons (Fsp3) is 0.412. The first-order valence-electron chi connectivity index (χ1n) is 7.92. The lowest BCUT2D eigenvalue weighted by Crippen LogP contribution is -2.46. The van der Waals surface area contributed by atoms with Gasteiger partial charge in [0.25, 0.3) is 0 Å². The number of nitrogens with one attached hydrogen (secondary N) is 2. The third kappa shape index (κ3) is 3.78. The van der Waals surface area contributed by atoms with Crippen LogP contribution in [0.25, 0.3) is 0 Å². The van der Waals surface area contributed by atoms with Gasteiger partial charge in [-0.2, -0.15) is 0 Å². The van der Waals surface area contributed by atoms with Crippen LogP contribution < -0.4 is 10.6 Å². The molecule has 3 rings (SSSR count). The van der Waals surface area contributed by atoms with E-state index in [1.54, 1.807) is 0 Å². The number of nitrogens with zero attached hydrogens (tertiary/aromatic N) is 3. The van der Waals surface area contributed by atoms with Crippen LogP contribution in [0.5, 0.6) is 0 Å². The summed E-state index contributed by atoms with van der Waals surface area (Å²) in [6, 6.07) is 8.30. The van der Waals surface area contributed by atoms with Crippen molar-refractivity contribution in [1.82, 2.24) is 19.8 Å². The Bertz CT molecular complexity index is 681. The van der Waals surface area contributed by atoms with E-state index in [0.717, 1.165) is 37.7 Å². The second kappa shape index (κ2) is 6.93. The van der Waals surface area contributed by atoms with Crippen LogP contribution >= 0.6 is 0 Å². The van der Waals surface area contributed by atoms with E-state index in [1.165, 1.54) is 12.5 Å². The summed E-state index contributed by atoms with van der Waals surface area (Å²) in [5.41, 5.74) is 2.04. The molecule has 0 bridgehead atoms. The maximum absolute atomic E-state index is 11.2. The molecule has 0 radical (unpaired) electrons. The number of carbonyl (C=O) groups excluding carboxylic acids is 1. The molecule has 6 heteroatoms. The van der Waals surface area contributed by atoms with Crippen LogP contribution in [0.4, 0.5) is 5.69 Å². The van der Waals surface area contributed by atoms with E-state index in [2.05, 4.69) is 31.2 Å². The van der Waals surface area contributed by atoms with Crippen molar-refractivity contribution in [1.29, 1.82) is 0 Å². The van der Waals surface area contributed by atoms with Gasteiger partial charge < -0.3 is 15.2 Å². The molecule has 2 aromatic rings. The maximum atomic E-state index is 11.2. The SMILES string of the molecule is CC(=O)Nc1cccc(CN2CCNCC2c2nccn2C)c1. The number of rotatable bonds is 4. The Labute approximate surface area is 136 Å². The minimum absolute atomic E-state index is 0.0461. The van der Waals surface area contributed by atoms with Gasteiger partial charge in [0, 0.05) is 58.2 Å².